The molecule has 1 fully saturated rings. The van der Waals surface area contributed by atoms with E-state index in [9.17, 15) is 9.59 Å². The molecule has 1 aliphatic heterocycles. The third kappa shape index (κ3) is 4.79. The van der Waals surface area contributed by atoms with E-state index in [0.29, 0.717) is 34.8 Å². The maximum Gasteiger partial charge on any atom is 0.259 e. The number of hydrogen-bond acceptors (Lipinski definition) is 6. The number of hydrogen-bond donors (Lipinski definition) is 1. The Morgan fingerprint density at radius 1 is 1.10 bits per heavy atom. The van der Waals surface area contributed by atoms with E-state index >= 15 is 4.39 Å². The Labute approximate surface area is 228 Å². The molecule has 6 rings (SSSR count). The molecule has 1 saturated heterocycles. The van der Waals surface area contributed by atoms with Crippen molar-refractivity contribution < 1.29 is 9.18 Å². The fourth-order valence-corrected chi connectivity index (χ4v) is 6.37. The van der Waals surface area contributed by atoms with Gasteiger partial charge in [0.25, 0.3) is 5.91 Å². The number of para-hydroxylation sites is 2. The maximum absolute atomic E-state index is 15.3. The zero-order chi connectivity index (χ0) is 26.9. The van der Waals surface area contributed by atoms with Crippen molar-refractivity contribution in [3.63, 3.8) is 0 Å². The van der Waals surface area contributed by atoms with Crippen LogP contribution in [0.25, 0.3) is 27.6 Å². The van der Waals surface area contributed by atoms with Crippen molar-refractivity contribution in [2.75, 3.05) is 31.9 Å². The van der Waals surface area contributed by atoms with Crippen LogP contribution in [0.15, 0.2) is 64.7 Å². The van der Waals surface area contributed by atoms with Gasteiger partial charge in [0, 0.05) is 61.2 Å². The maximum atomic E-state index is 15.3. The number of likely N-dealkylation sites (tertiary alicyclic amines) is 1. The molecule has 1 aliphatic rings. The lowest BCUT2D eigenvalue weighted by Gasteiger charge is -2.15. The molecule has 0 spiro atoms. The van der Waals surface area contributed by atoms with Crippen molar-refractivity contribution in [2.24, 2.45) is 7.05 Å². The summed E-state index contributed by atoms with van der Waals surface area (Å²) in [5, 5.41) is 3.13. The summed E-state index contributed by atoms with van der Waals surface area (Å²) in [4.78, 5) is 38.4. The van der Waals surface area contributed by atoms with Gasteiger partial charge in [-0.25, -0.2) is 4.39 Å². The molecule has 0 unspecified atom stereocenters. The number of amides is 1. The molecule has 0 aliphatic carbocycles. The zero-order valence-corrected chi connectivity index (χ0v) is 22.5. The van der Waals surface area contributed by atoms with Crippen LogP contribution in [0.2, 0.25) is 0 Å². The van der Waals surface area contributed by atoms with E-state index in [2.05, 4.69) is 20.2 Å². The van der Waals surface area contributed by atoms with E-state index in [1.807, 2.05) is 40.3 Å². The zero-order valence-electron chi connectivity index (χ0n) is 21.7. The highest BCUT2D eigenvalue weighted by atomic mass is 32.2. The second-order valence-electron chi connectivity index (χ2n) is 9.81. The number of aryl methyl sites for hydroxylation is 2. The monoisotopic (exact) mass is 544 g/mol. The van der Waals surface area contributed by atoms with E-state index in [1.165, 1.54) is 30.7 Å². The van der Waals surface area contributed by atoms with E-state index in [4.69, 9.17) is 0 Å². The fraction of sp³-hybridized carbons (Fsp3) is 0.310. The number of carbonyl (C=O) groups excluding carboxylic acids is 1. The molecule has 0 atom stereocenters. The number of benzene rings is 2. The Bertz CT molecular complexity index is 1740. The van der Waals surface area contributed by atoms with E-state index < -0.39 is 17.2 Å². The Morgan fingerprint density at radius 3 is 2.67 bits per heavy atom. The van der Waals surface area contributed by atoms with Crippen LogP contribution < -0.4 is 10.7 Å². The first-order valence-electron chi connectivity index (χ1n) is 13.2. The number of nitrogens with one attached hydrogen (secondary N) is 1. The number of fused-ring (bicyclic) bond motifs is 5. The van der Waals surface area contributed by atoms with Gasteiger partial charge >= 0.3 is 0 Å². The lowest BCUT2D eigenvalue weighted by molar-refractivity contribution is 0.0950. The highest BCUT2D eigenvalue weighted by Crippen LogP contribution is 2.31. The molecule has 8 nitrogen and oxygen atoms in total. The SMILES string of the molecule is Cn1c2ccccc2n2c3cc(SCCc4cnccn4)c(F)cc3c(=O)c(C(=O)NCCN3CCCC3)c12. The molecule has 1 N–H and O–H groups in total. The third-order valence-corrected chi connectivity index (χ3v) is 8.40. The lowest BCUT2D eigenvalue weighted by Crippen LogP contribution is -2.36. The van der Waals surface area contributed by atoms with E-state index in [1.54, 1.807) is 24.7 Å². The van der Waals surface area contributed by atoms with Gasteiger partial charge in [0.2, 0.25) is 5.43 Å². The number of pyridine rings is 1. The van der Waals surface area contributed by atoms with Crippen LogP contribution >= 0.6 is 11.8 Å². The quantitative estimate of drug-likeness (QED) is 0.297. The molecule has 2 aromatic carbocycles. The van der Waals surface area contributed by atoms with Crippen LogP contribution in [-0.4, -0.2) is 61.7 Å². The second-order valence-corrected chi connectivity index (χ2v) is 10.9. The molecule has 0 saturated carbocycles. The van der Waals surface area contributed by atoms with Gasteiger partial charge in [-0.05, 0) is 50.2 Å². The van der Waals surface area contributed by atoms with Gasteiger partial charge in [-0.1, -0.05) is 12.1 Å². The summed E-state index contributed by atoms with van der Waals surface area (Å²) in [7, 11) is 1.85. The molecule has 10 heteroatoms. The molecule has 39 heavy (non-hydrogen) atoms. The van der Waals surface area contributed by atoms with Crippen LogP contribution in [0.4, 0.5) is 4.39 Å². The highest BCUT2D eigenvalue weighted by Gasteiger charge is 2.24. The largest absolute Gasteiger partial charge is 0.351 e. The van der Waals surface area contributed by atoms with E-state index in [0.717, 1.165) is 36.4 Å². The second kappa shape index (κ2) is 10.8. The van der Waals surface area contributed by atoms with Gasteiger partial charge in [-0.3, -0.25) is 24.0 Å². The lowest BCUT2D eigenvalue weighted by atomic mass is 10.1. The summed E-state index contributed by atoms with van der Waals surface area (Å²) in [6, 6.07) is 10.7. The van der Waals surface area contributed by atoms with Crippen molar-refractivity contribution in [1.82, 2.24) is 29.2 Å². The number of nitrogens with zero attached hydrogens (tertiary/aromatic N) is 5. The Balaban J connectivity index is 1.43. The Morgan fingerprint density at radius 2 is 1.90 bits per heavy atom. The molecule has 5 aromatic rings. The molecule has 1 amide bonds. The normalized spacial score (nSPS) is 14.1. The molecule has 3 aromatic heterocycles. The molecule has 4 heterocycles. The van der Waals surface area contributed by atoms with Gasteiger partial charge in [0.15, 0.2) is 0 Å². The number of aromatic nitrogens is 4. The van der Waals surface area contributed by atoms with Crippen LogP contribution in [-0.2, 0) is 13.5 Å². The number of carbonyl (C=O) groups is 1. The summed E-state index contributed by atoms with van der Waals surface area (Å²) in [5.74, 6) is -0.316. The van der Waals surface area contributed by atoms with Gasteiger partial charge in [0.05, 0.1) is 22.2 Å². The molecule has 0 bridgehead atoms. The number of thioether (sulfide) groups is 1. The van der Waals surface area contributed by atoms with Gasteiger partial charge in [-0.15, -0.1) is 11.8 Å². The van der Waals surface area contributed by atoms with Gasteiger partial charge < -0.3 is 14.8 Å². The van der Waals surface area contributed by atoms with Gasteiger partial charge in [0.1, 0.15) is 17.0 Å². The number of halogens is 1. The average Bonchev–Trinajstić information content (AvgIpc) is 3.57. The van der Waals surface area contributed by atoms with Crippen LogP contribution in [0, 0.1) is 5.82 Å². The molecule has 200 valence electrons. The van der Waals surface area contributed by atoms with Gasteiger partial charge in [-0.2, -0.15) is 0 Å². The summed E-state index contributed by atoms with van der Waals surface area (Å²) < 4.78 is 19.1. The minimum Gasteiger partial charge on any atom is -0.351 e. The smallest absolute Gasteiger partial charge is 0.259 e. The Hall–Kier alpha value is -3.76. The molecular formula is C29H29FN6O2S. The van der Waals surface area contributed by atoms with Crippen LogP contribution in [0.3, 0.4) is 0 Å². The first kappa shape index (κ1) is 25.5. The average molecular weight is 545 g/mol. The topological polar surface area (TPSA) is 84.5 Å². The van der Waals surface area contributed by atoms with Crippen molar-refractivity contribution in [2.45, 2.75) is 24.2 Å². The first-order chi connectivity index (χ1) is 19.0. The first-order valence-corrected chi connectivity index (χ1v) is 14.1. The van der Waals surface area contributed by atoms with Crippen molar-refractivity contribution in [1.29, 1.82) is 0 Å². The standard InChI is InChI=1S/C29H29FN6O2S/c1-34-22-6-2-3-7-23(22)36-24-17-25(39-15-8-19-18-31-9-10-32-19)21(30)16-20(24)27(37)26(29(34)36)28(38)33-11-14-35-12-4-5-13-35/h2-3,6-7,9-10,16-18H,4-5,8,11-15H2,1H3,(H,33,38). The predicted molar refractivity (Wildman–Crippen MR) is 152 cm³/mol. The highest BCUT2D eigenvalue weighted by molar-refractivity contribution is 7.99. The van der Waals surface area contributed by atoms with E-state index in [-0.39, 0.29) is 10.9 Å². The minimum atomic E-state index is -0.482. The minimum absolute atomic E-state index is 0.0325. The molecular weight excluding hydrogens is 515 g/mol. The number of rotatable bonds is 8. The van der Waals surface area contributed by atoms with Crippen molar-refractivity contribution in [3.05, 3.63) is 82.3 Å². The molecule has 0 radical (unpaired) electrons. The third-order valence-electron chi connectivity index (χ3n) is 7.37. The summed E-state index contributed by atoms with van der Waals surface area (Å²) >= 11 is 1.37. The van der Waals surface area contributed by atoms with Crippen molar-refractivity contribution >= 4 is 45.3 Å². The van der Waals surface area contributed by atoms with Crippen molar-refractivity contribution in [3.8, 4) is 0 Å². The van der Waals surface area contributed by atoms with Crippen LogP contribution in [0.1, 0.15) is 28.9 Å². The number of imidazole rings is 1. The summed E-state index contributed by atoms with van der Waals surface area (Å²) in [6.45, 7) is 3.24. The van der Waals surface area contributed by atoms with Crippen LogP contribution in [0.5, 0.6) is 0 Å². The summed E-state index contributed by atoms with van der Waals surface area (Å²) in [5.41, 5.74) is 3.18. The summed E-state index contributed by atoms with van der Waals surface area (Å²) in [6.07, 6.45) is 7.94. The Kier molecular flexibility index (Phi) is 7.05. The fourth-order valence-electron chi connectivity index (χ4n) is 5.45. The predicted octanol–water partition coefficient (Wildman–Crippen LogP) is 4.03.